The summed E-state index contributed by atoms with van der Waals surface area (Å²) in [5, 5.41) is 10.2. The van der Waals surface area contributed by atoms with Crippen molar-refractivity contribution in [1.82, 2.24) is 4.98 Å². The van der Waals surface area contributed by atoms with Gasteiger partial charge in [-0.15, -0.1) is 0 Å². The Labute approximate surface area is 211 Å². The average molecular weight is 518 g/mol. The minimum atomic E-state index is -1.03. The summed E-state index contributed by atoms with van der Waals surface area (Å²) in [6, 6.07) is 7.97. The summed E-state index contributed by atoms with van der Waals surface area (Å²) in [6.07, 6.45) is -0.0866. The standard InChI is InChI=1S/C27H26F3NO6/c1-14(11-21(32)25-26(33)22(35-3)9-10-31-25)27(34)37-15(2)24(18-7-5-16(28)12-20(18)30)19-8-6-17(29)13-23(19)36-4/h5-10,12-15,24,33H,11H2,1-4H3/t14-,15+,24-/m1/s1. The second kappa shape index (κ2) is 11.8. The summed E-state index contributed by atoms with van der Waals surface area (Å²) in [5.74, 6) is -5.93. The van der Waals surface area contributed by atoms with Crippen LogP contribution in [0.1, 0.15) is 47.8 Å². The van der Waals surface area contributed by atoms with Gasteiger partial charge >= 0.3 is 5.97 Å². The number of rotatable bonds is 10. The molecular weight excluding hydrogens is 491 g/mol. The van der Waals surface area contributed by atoms with Crippen LogP contribution in [0.5, 0.6) is 17.2 Å². The summed E-state index contributed by atoms with van der Waals surface area (Å²) in [5.41, 5.74) is 0.0548. The zero-order valence-corrected chi connectivity index (χ0v) is 20.6. The number of aromatic hydroxyl groups is 1. The predicted molar refractivity (Wildman–Crippen MR) is 127 cm³/mol. The molecule has 1 N–H and O–H groups in total. The third-order valence-electron chi connectivity index (χ3n) is 5.86. The molecule has 0 aliphatic heterocycles. The zero-order chi connectivity index (χ0) is 27.3. The molecule has 1 aromatic heterocycles. The van der Waals surface area contributed by atoms with Crippen molar-refractivity contribution in [1.29, 1.82) is 0 Å². The lowest BCUT2D eigenvalue weighted by Gasteiger charge is -2.27. The van der Waals surface area contributed by atoms with Crippen molar-refractivity contribution in [3.05, 3.63) is 82.9 Å². The molecule has 3 atom stereocenters. The number of nitrogens with zero attached hydrogens (tertiary/aromatic N) is 1. The molecular formula is C27H26F3NO6. The molecule has 0 amide bonds. The molecule has 37 heavy (non-hydrogen) atoms. The smallest absolute Gasteiger partial charge is 0.309 e. The fourth-order valence-electron chi connectivity index (χ4n) is 4.00. The van der Waals surface area contributed by atoms with E-state index in [0.717, 1.165) is 18.2 Å². The van der Waals surface area contributed by atoms with E-state index in [9.17, 15) is 27.9 Å². The topological polar surface area (TPSA) is 95.0 Å². The van der Waals surface area contributed by atoms with Gasteiger partial charge in [0.1, 0.15) is 29.3 Å². The van der Waals surface area contributed by atoms with E-state index in [1.807, 2.05) is 0 Å². The van der Waals surface area contributed by atoms with Crippen molar-refractivity contribution in [2.75, 3.05) is 14.2 Å². The maximum Gasteiger partial charge on any atom is 0.309 e. The van der Waals surface area contributed by atoms with E-state index in [1.54, 1.807) is 0 Å². The number of carbonyl (C=O) groups is 2. The number of ketones is 1. The molecule has 0 radical (unpaired) electrons. The molecule has 3 rings (SSSR count). The molecule has 0 spiro atoms. The molecule has 7 nitrogen and oxygen atoms in total. The number of benzene rings is 2. The van der Waals surface area contributed by atoms with Gasteiger partial charge in [0.2, 0.25) is 0 Å². The van der Waals surface area contributed by atoms with E-state index >= 15 is 0 Å². The lowest BCUT2D eigenvalue weighted by atomic mass is 9.86. The van der Waals surface area contributed by atoms with E-state index in [2.05, 4.69) is 4.98 Å². The first-order valence-corrected chi connectivity index (χ1v) is 11.3. The maximum atomic E-state index is 14.8. The summed E-state index contributed by atoms with van der Waals surface area (Å²) in [4.78, 5) is 29.5. The van der Waals surface area contributed by atoms with E-state index < -0.39 is 52.9 Å². The quantitative estimate of drug-likeness (QED) is 0.292. The Morgan fingerprint density at radius 2 is 1.54 bits per heavy atom. The highest BCUT2D eigenvalue weighted by Gasteiger charge is 2.32. The highest BCUT2D eigenvalue weighted by atomic mass is 19.1. The van der Waals surface area contributed by atoms with Crippen LogP contribution in [0.4, 0.5) is 13.2 Å². The maximum absolute atomic E-state index is 14.8. The Kier molecular flexibility index (Phi) is 8.75. The number of pyridine rings is 1. The van der Waals surface area contributed by atoms with E-state index in [4.69, 9.17) is 14.2 Å². The Bertz CT molecular complexity index is 1300. The van der Waals surface area contributed by atoms with Gasteiger partial charge in [-0.1, -0.05) is 19.1 Å². The molecule has 0 fully saturated rings. The molecule has 0 unspecified atom stereocenters. The van der Waals surface area contributed by atoms with E-state index in [-0.39, 0.29) is 29.2 Å². The number of hydrogen-bond donors (Lipinski definition) is 1. The number of halogens is 3. The third-order valence-corrected chi connectivity index (χ3v) is 5.86. The van der Waals surface area contributed by atoms with Crippen LogP contribution >= 0.6 is 0 Å². The van der Waals surface area contributed by atoms with Crippen LogP contribution < -0.4 is 9.47 Å². The Balaban J connectivity index is 1.87. The van der Waals surface area contributed by atoms with Gasteiger partial charge < -0.3 is 19.3 Å². The summed E-state index contributed by atoms with van der Waals surface area (Å²) in [6.45, 7) is 2.95. The van der Waals surface area contributed by atoms with E-state index in [0.29, 0.717) is 11.6 Å². The van der Waals surface area contributed by atoms with Gasteiger partial charge in [-0.3, -0.25) is 9.59 Å². The van der Waals surface area contributed by atoms with Crippen LogP contribution in [-0.2, 0) is 9.53 Å². The number of methoxy groups -OCH3 is 2. The Morgan fingerprint density at radius 1 is 0.919 bits per heavy atom. The highest BCUT2D eigenvalue weighted by Crippen LogP contribution is 2.38. The van der Waals surface area contributed by atoms with Gasteiger partial charge in [0, 0.05) is 36.4 Å². The molecule has 196 valence electrons. The Hall–Kier alpha value is -4.08. The number of ether oxygens (including phenoxy) is 3. The van der Waals surface area contributed by atoms with Gasteiger partial charge in [-0.25, -0.2) is 18.2 Å². The van der Waals surface area contributed by atoms with Gasteiger partial charge in [0.15, 0.2) is 23.0 Å². The first kappa shape index (κ1) is 27.5. The molecule has 0 aliphatic rings. The van der Waals surface area contributed by atoms with E-state index in [1.165, 1.54) is 52.5 Å². The van der Waals surface area contributed by atoms with Crippen molar-refractivity contribution in [3.63, 3.8) is 0 Å². The lowest BCUT2D eigenvalue weighted by Crippen LogP contribution is -2.28. The first-order chi connectivity index (χ1) is 17.6. The first-order valence-electron chi connectivity index (χ1n) is 11.3. The lowest BCUT2D eigenvalue weighted by molar-refractivity contribution is -0.153. The van der Waals surface area contributed by atoms with Crippen molar-refractivity contribution < 1.29 is 42.1 Å². The molecule has 2 aromatic carbocycles. The van der Waals surface area contributed by atoms with Gasteiger partial charge in [-0.2, -0.15) is 0 Å². The monoisotopic (exact) mass is 517 g/mol. The molecule has 3 aromatic rings. The van der Waals surface area contributed by atoms with Crippen LogP contribution in [0.25, 0.3) is 0 Å². The molecule has 10 heteroatoms. The van der Waals surface area contributed by atoms with Crippen molar-refractivity contribution in [2.24, 2.45) is 5.92 Å². The predicted octanol–water partition coefficient (Wildman–Crippen LogP) is 5.19. The normalized spacial score (nSPS) is 13.4. The fraction of sp³-hybridized carbons (Fsp3) is 0.296. The zero-order valence-electron chi connectivity index (χ0n) is 20.6. The summed E-state index contributed by atoms with van der Waals surface area (Å²) >= 11 is 0. The number of esters is 1. The van der Waals surface area contributed by atoms with Crippen LogP contribution in [-0.4, -0.2) is 42.2 Å². The minimum absolute atomic E-state index is 0.000778. The van der Waals surface area contributed by atoms with Crippen molar-refractivity contribution >= 4 is 11.8 Å². The van der Waals surface area contributed by atoms with Gasteiger partial charge in [0.05, 0.1) is 26.1 Å². The molecule has 0 saturated heterocycles. The van der Waals surface area contributed by atoms with Crippen LogP contribution in [0.15, 0.2) is 48.7 Å². The van der Waals surface area contributed by atoms with Crippen molar-refractivity contribution in [2.45, 2.75) is 32.3 Å². The largest absolute Gasteiger partial charge is 0.503 e. The summed E-state index contributed by atoms with van der Waals surface area (Å²) < 4.78 is 58.1. The Morgan fingerprint density at radius 3 is 2.16 bits per heavy atom. The van der Waals surface area contributed by atoms with Crippen LogP contribution in [0, 0.1) is 23.4 Å². The molecule has 1 heterocycles. The number of aromatic nitrogens is 1. The van der Waals surface area contributed by atoms with Gasteiger partial charge in [-0.05, 0) is 24.6 Å². The SMILES string of the molecule is COc1cc(F)ccc1[C@@H](c1ccc(F)cc1F)[C@H](C)OC(=O)[C@H](C)CC(=O)c1nccc(OC)c1O. The highest BCUT2D eigenvalue weighted by molar-refractivity contribution is 5.99. The second-order valence-corrected chi connectivity index (χ2v) is 8.41. The molecule has 0 bridgehead atoms. The number of carbonyl (C=O) groups excluding carboxylic acids is 2. The second-order valence-electron chi connectivity index (χ2n) is 8.41. The fourth-order valence-corrected chi connectivity index (χ4v) is 4.00. The average Bonchev–Trinajstić information content (AvgIpc) is 2.86. The summed E-state index contributed by atoms with van der Waals surface area (Å²) in [7, 11) is 2.63. The molecule has 0 aliphatic carbocycles. The third kappa shape index (κ3) is 6.19. The molecule has 0 saturated carbocycles. The number of hydrogen-bond acceptors (Lipinski definition) is 7. The number of Topliss-reactive ketones (excluding diaryl/α,β-unsaturated/α-hetero) is 1. The minimum Gasteiger partial charge on any atom is -0.503 e. The van der Waals surface area contributed by atoms with Crippen LogP contribution in [0.2, 0.25) is 0 Å². The van der Waals surface area contributed by atoms with Gasteiger partial charge in [0.25, 0.3) is 0 Å². The van der Waals surface area contributed by atoms with Crippen molar-refractivity contribution in [3.8, 4) is 17.2 Å². The van der Waals surface area contributed by atoms with Crippen LogP contribution in [0.3, 0.4) is 0 Å².